The van der Waals surface area contributed by atoms with Crippen molar-refractivity contribution in [2.24, 2.45) is 16.3 Å². The number of rotatable bonds is 9. The largest absolute Gasteiger partial charge is 0.385 e. The van der Waals surface area contributed by atoms with Crippen molar-refractivity contribution in [2.45, 2.75) is 39.0 Å². The molecule has 29 heavy (non-hydrogen) atoms. The Morgan fingerprint density at radius 2 is 2.10 bits per heavy atom. The Bertz CT molecular complexity index is 693. The lowest BCUT2D eigenvalue weighted by Crippen LogP contribution is -2.42. The number of nitrogens with zero attached hydrogens (tertiary/aromatic N) is 2. The minimum atomic E-state index is -0.799. The van der Waals surface area contributed by atoms with Crippen LogP contribution in [0.25, 0.3) is 0 Å². The molecule has 162 valence electrons. The standard InChI is InChI=1S/C22H34F2N4O/c1-3-25-21(27-16-22(8-4-9-22)10-12-29-2)26-14-17-7-11-28(15-17)18-5-6-19(23)20(24)13-18/h5-6,13,17H,3-4,7-12,14-16H2,1-2H3,(H2,25,26,27). The van der Waals surface area contributed by atoms with Crippen LogP contribution in [0.1, 0.15) is 39.0 Å². The van der Waals surface area contributed by atoms with Crippen LogP contribution in [0.15, 0.2) is 23.2 Å². The Morgan fingerprint density at radius 3 is 2.76 bits per heavy atom. The van der Waals surface area contributed by atoms with Gasteiger partial charge in [-0.1, -0.05) is 6.42 Å². The minimum Gasteiger partial charge on any atom is -0.385 e. The van der Waals surface area contributed by atoms with Crippen LogP contribution >= 0.6 is 0 Å². The number of methoxy groups -OCH3 is 1. The fourth-order valence-electron chi connectivity index (χ4n) is 4.23. The molecule has 0 spiro atoms. The summed E-state index contributed by atoms with van der Waals surface area (Å²) < 4.78 is 32.0. The van der Waals surface area contributed by atoms with Crippen LogP contribution in [0.4, 0.5) is 14.5 Å². The maximum absolute atomic E-state index is 13.5. The van der Waals surface area contributed by atoms with E-state index in [1.54, 1.807) is 13.2 Å². The Hall–Kier alpha value is -1.89. The Labute approximate surface area is 172 Å². The van der Waals surface area contributed by atoms with E-state index in [1.807, 2.05) is 0 Å². The van der Waals surface area contributed by atoms with Crippen LogP contribution < -0.4 is 15.5 Å². The fourth-order valence-corrected chi connectivity index (χ4v) is 4.23. The van der Waals surface area contributed by atoms with Crippen LogP contribution in [-0.4, -0.2) is 52.4 Å². The van der Waals surface area contributed by atoms with E-state index in [0.717, 1.165) is 63.8 Å². The molecule has 0 radical (unpaired) electrons. The fraction of sp³-hybridized carbons (Fsp3) is 0.682. The Morgan fingerprint density at radius 1 is 1.28 bits per heavy atom. The third-order valence-corrected chi connectivity index (χ3v) is 6.28. The van der Waals surface area contributed by atoms with Gasteiger partial charge in [-0.3, -0.25) is 4.99 Å². The molecule has 2 fully saturated rings. The molecule has 1 aliphatic heterocycles. The molecule has 1 aliphatic carbocycles. The second kappa shape index (κ2) is 10.2. The number of hydrogen-bond donors (Lipinski definition) is 2. The van der Waals surface area contributed by atoms with Crippen LogP contribution in [-0.2, 0) is 4.74 Å². The monoisotopic (exact) mass is 408 g/mol. The molecule has 1 heterocycles. The molecule has 2 N–H and O–H groups in total. The van der Waals surface area contributed by atoms with Gasteiger partial charge in [0.1, 0.15) is 0 Å². The lowest BCUT2D eigenvalue weighted by molar-refractivity contribution is 0.0778. The van der Waals surface area contributed by atoms with Crippen LogP contribution in [0.3, 0.4) is 0 Å². The average molecular weight is 409 g/mol. The van der Waals surface area contributed by atoms with E-state index in [2.05, 4.69) is 22.5 Å². The number of hydrogen-bond acceptors (Lipinski definition) is 3. The highest BCUT2D eigenvalue weighted by Gasteiger charge is 2.36. The van der Waals surface area contributed by atoms with Gasteiger partial charge in [0, 0.05) is 58.2 Å². The van der Waals surface area contributed by atoms with Gasteiger partial charge in [-0.15, -0.1) is 0 Å². The van der Waals surface area contributed by atoms with Gasteiger partial charge in [-0.05, 0) is 56.1 Å². The summed E-state index contributed by atoms with van der Waals surface area (Å²) in [5.74, 6) is -0.281. The van der Waals surface area contributed by atoms with Crippen molar-refractivity contribution >= 4 is 11.6 Å². The summed E-state index contributed by atoms with van der Waals surface area (Å²) in [6, 6.07) is 4.14. The van der Waals surface area contributed by atoms with Gasteiger partial charge >= 0.3 is 0 Å². The Kier molecular flexibility index (Phi) is 7.70. The number of benzene rings is 1. The molecule has 3 rings (SSSR count). The Balaban J connectivity index is 1.50. The van der Waals surface area contributed by atoms with E-state index in [4.69, 9.17) is 9.73 Å². The van der Waals surface area contributed by atoms with Crippen molar-refractivity contribution < 1.29 is 13.5 Å². The first kappa shape index (κ1) is 21.8. The highest BCUT2D eigenvalue weighted by atomic mass is 19.2. The predicted molar refractivity (Wildman–Crippen MR) is 113 cm³/mol. The van der Waals surface area contributed by atoms with E-state index in [-0.39, 0.29) is 0 Å². The van der Waals surface area contributed by atoms with Crippen molar-refractivity contribution in [2.75, 3.05) is 51.3 Å². The number of anilines is 1. The zero-order valence-corrected chi connectivity index (χ0v) is 17.6. The molecule has 1 unspecified atom stereocenters. The van der Waals surface area contributed by atoms with E-state index >= 15 is 0 Å². The molecule has 0 amide bonds. The first-order valence-electron chi connectivity index (χ1n) is 10.8. The molecule has 0 bridgehead atoms. The SMILES string of the molecule is CCNC(=NCC1(CCOC)CCC1)NCC1CCN(c2ccc(F)c(F)c2)C1. The molecular formula is C22H34F2N4O. The van der Waals surface area contributed by atoms with Gasteiger partial charge in [0.05, 0.1) is 0 Å². The van der Waals surface area contributed by atoms with Crippen molar-refractivity contribution in [1.82, 2.24) is 10.6 Å². The summed E-state index contributed by atoms with van der Waals surface area (Å²) in [7, 11) is 1.76. The van der Waals surface area contributed by atoms with Crippen molar-refractivity contribution in [1.29, 1.82) is 0 Å². The highest BCUT2D eigenvalue weighted by Crippen LogP contribution is 2.44. The van der Waals surface area contributed by atoms with Gasteiger partial charge in [-0.25, -0.2) is 8.78 Å². The summed E-state index contributed by atoms with van der Waals surface area (Å²) in [4.78, 5) is 6.97. The summed E-state index contributed by atoms with van der Waals surface area (Å²) in [5.41, 5.74) is 1.05. The molecule has 5 nitrogen and oxygen atoms in total. The summed E-state index contributed by atoms with van der Waals surface area (Å²) in [5, 5.41) is 6.82. The molecule has 0 aromatic heterocycles. The molecule has 7 heteroatoms. The lowest BCUT2D eigenvalue weighted by Gasteiger charge is -2.40. The van der Waals surface area contributed by atoms with E-state index in [1.165, 1.54) is 31.4 Å². The zero-order chi connectivity index (χ0) is 20.7. The number of nitrogens with one attached hydrogen (secondary N) is 2. The van der Waals surface area contributed by atoms with Crippen LogP contribution in [0.2, 0.25) is 0 Å². The second-order valence-corrected chi connectivity index (χ2v) is 8.37. The zero-order valence-electron chi connectivity index (χ0n) is 17.6. The van der Waals surface area contributed by atoms with Crippen molar-refractivity contribution in [3.8, 4) is 0 Å². The first-order valence-corrected chi connectivity index (χ1v) is 10.8. The molecule has 1 saturated carbocycles. The van der Waals surface area contributed by atoms with E-state index in [0.29, 0.717) is 11.3 Å². The van der Waals surface area contributed by atoms with Crippen LogP contribution in [0, 0.1) is 23.0 Å². The number of aliphatic imine (C=N–C) groups is 1. The van der Waals surface area contributed by atoms with Gasteiger partial charge in [0.2, 0.25) is 0 Å². The highest BCUT2D eigenvalue weighted by molar-refractivity contribution is 5.79. The molecular weight excluding hydrogens is 374 g/mol. The maximum atomic E-state index is 13.5. The van der Waals surface area contributed by atoms with E-state index < -0.39 is 11.6 Å². The number of halogens is 2. The first-order chi connectivity index (χ1) is 14.0. The average Bonchev–Trinajstić information content (AvgIpc) is 3.16. The van der Waals surface area contributed by atoms with Gasteiger partial charge in [0.15, 0.2) is 17.6 Å². The minimum absolute atomic E-state index is 0.301. The number of ether oxygens (including phenoxy) is 1. The molecule has 1 saturated heterocycles. The van der Waals surface area contributed by atoms with Gasteiger partial charge in [-0.2, -0.15) is 0 Å². The van der Waals surface area contributed by atoms with Crippen molar-refractivity contribution in [3.05, 3.63) is 29.8 Å². The maximum Gasteiger partial charge on any atom is 0.191 e. The third kappa shape index (κ3) is 5.81. The molecule has 2 aliphatic rings. The number of guanidine groups is 1. The summed E-state index contributed by atoms with van der Waals surface area (Å²) in [6.07, 6.45) is 5.82. The third-order valence-electron chi connectivity index (χ3n) is 6.28. The van der Waals surface area contributed by atoms with Crippen LogP contribution in [0.5, 0.6) is 0 Å². The summed E-state index contributed by atoms with van der Waals surface area (Å²) in [6.45, 7) is 7.01. The van der Waals surface area contributed by atoms with E-state index in [9.17, 15) is 8.78 Å². The van der Waals surface area contributed by atoms with Gasteiger partial charge < -0.3 is 20.3 Å². The lowest BCUT2D eigenvalue weighted by atomic mass is 9.67. The smallest absolute Gasteiger partial charge is 0.191 e. The predicted octanol–water partition coefficient (Wildman–Crippen LogP) is 3.55. The normalized spacial score (nSPS) is 21.2. The quantitative estimate of drug-likeness (QED) is 0.485. The topological polar surface area (TPSA) is 48.9 Å². The van der Waals surface area contributed by atoms with Gasteiger partial charge in [0.25, 0.3) is 0 Å². The molecule has 1 aromatic rings. The second-order valence-electron chi connectivity index (χ2n) is 8.37. The molecule has 1 atom stereocenters. The summed E-state index contributed by atoms with van der Waals surface area (Å²) >= 11 is 0. The van der Waals surface area contributed by atoms with Crippen molar-refractivity contribution in [3.63, 3.8) is 0 Å². The molecule has 1 aromatic carbocycles.